The van der Waals surface area contributed by atoms with E-state index in [1.54, 1.807) is 13.8 Å². The van der Waals surface area contributed by atoms with Crippen molar-refractivity contribution in [1.29, 1.82) is 0 Å². The molecule has 0 aromatic rings. The van der Waals surface area contributed by atoms with E-state index in [4.69, 9.17) is 5.11 Å². The Balaban J connectivity index is 0. The van der Waals surface area contributed by atoms with Crippen molar-refractivity contribution in [1.82, 2.24) is 0 Å². The summed E-state index contributed by atoms with van der Waals surface area (Å²) in [6.07, 6.45) is 4.08. The molecule has 0 spiro atoms. The van der Waals surface area contributed by atoms with Crippen molar-refractivity contribution in [2.75, 3.05) is 0 Å². The average molecular weight is 230 g/mol. The highest BCUT2D eigenvalue weighted by Crippen LogP contribution is 2.27. The van der Waals surface area contributed by atoms with Gasteiger partial charge in [-0.05, 0) is 32.1 Å². The van der Waals surface area contributed by atoms with Gasteiger partial charge < -0.3 is 5.11 Å². The van der Waals surface area contributed by atoms with Crippen molar-refractivity contribution in [3.63, 3.8) is 0 Å². The van der Waals surface area contributed by atoms with Crippen LogP contribution in [-0.2, 0) is 4.79 Å². The third-order valence-electron chi connectivity index (χ3n) is 2.56. The molecule has 0 bridgehead atoms. The SMILES string of the molecule is CC(C)(C)CCCCC(C)(C)C(=O)O.[AlH3]. The third-order valence-corrected chi connectivity index (χ3v) is 2.56. The minimum absolute atomic E-state index is 0. The largest absolute Gasteiger partial charge is 0.481 e. The topological polar surface area (TPSA) is 37.3 Å². The molecule has 0 saturated heterocycles. The summed E-state index contributed by atoms with van der Waals surface area (Å²) in [5, 5.41) is 8.90. The van der Waals surface area contributed by atoms with Gasteiger partial charge in [0, 0.05) is 0 Å². The maximum atomic E-state index is 10.8. The van der Waals surface area contributed by atoms with Crippen LogP contribution in [-0.4, -0.2) is 28.4 Å². The van der Waals surface area contributed by atoms with E-state index in [0.717, 1.165) is 19.3 Å². The summed E-state index contributed by atoms with van der Waals surface area (Å²) in [6, 6.07) is 0. The van der Waals surface area contributed by atoms with Crippen molar-refractivity contribution < 1.29 is 9.90 Å². The molecule has 0 unspecified atom stereocenters. The number of carbonyl (C=O) groups is 1. The Morgan fingerprint density at radius 3 is 1.73 bits per heavy atom. The van der Waals surface area contributed by atoms with E-state index in [-0.39, 0.29) is 17.4 Å². The zero-order valence-corrected chi connectivity index (χ0v) is 10.2. The number of hydrogen-bond donors (Lipinski definition) is 1. The van der Waals surface area contributed by atoms with Gasteiger partial charge in [-0.3, -0.25) is 4.79 Å². The minimum atomic E-state index is -0.687. The van der Waals surface area contributed by atoms with Crippen molar-refractivity contribution >= 4 is 23.3 Å². The second-order valence-corrected chi connectivity index (χ2v) is 5.96. The first-order valence-electron chi connectivity index (χ1n) is 5.38. The summed E-state index contributed by atoms with van der Waals surface area (Å²) < 4.78 is 0. The lowest BCUT2D eigenvalue weighted by Gasteiger charge is -2.21. The number of hydrogen-bond acceptors (Lipinski definition) is 1. The molecule has 0 saturated carbocycles. The molecule has 0 aliphatic heterocycles. The summed E-state index contributed by atoms with van der Waals surface area (Å²) >= 11 is 0. The lowest BCUT2D eigenvalue weighted by Crippen LogP contribution is -2.23. The number of rotatable bonds is 5. The highest BCUT2D eigenvalue weighted by Gasteiger charge is 2.26. The van der Waals surface area contributed by atoms with Crippen LogP contribution in [0.1, 0.15) is 60.3 Å². The Kier molecular flexibility index (Phi) is 7.60. The minimum Gasteiger partial charge on any atom is -0.481 e. The molecule has 0 amide bonds. The van der Waals surface area contributed by atoms with Gasteiger partial charge in [-0.25, -0.2) is 0 Å². The van der Waals surface area contributed by atoms with Crippen LogP contribution < -0.4 is 0 Å². The molecule has 0 aliphatic rings. The van der Waals surface area contributed by atoms with Crippen LogP contribution in [0.25, 0.3) is 0 Å². The normalized spacial score (nSPS) is 12.1. The summed E-state index contributed by atoms with van der Waals surface area (Å²) in [4.78, 5) is 10.8. The zero-order chi connectivity index (χ0) is 11.4. The van der Waals surface area contributed by atoms with E-state index in [1.807, 2.05) is 0 Å². The zero-order valence-electron chi connectivity index (χ0n) is 10.2. The van der Waals surface area contributed by atoms with Crippen molar-refractivity contribution in [3.8, 4) is 0 Å². The molecule has 0 rings (SSSR count). The monoisotopic (exact) mass is 230 g/mol. The Bertz CT molecular complexity index is 192. The van der Waals surface area contributed by atoms with Crippen molar-refractivity contribution in [3.05, 3.63) is 0 Å². The smallest absolute Gasteiger partial charge is 0.309 e. The Hall–Kier alpha value is 0.00247. The summed E-state index contributed by atoms with van der Waals surface area (Å²) in [6.45, 7) is 10.2. The number of aliphatic carboxylic acids is 1. The van der Waals surface area contributed by atoms with Gasteiger partial charge in [0.05, 0.1) is 5.41 Å². The number of unbranched alkanes of at least 4 members (excludes halogenated alkanes) is 1. The number of carboxylic acid groups (broad SMARTS) is 1. The van der Waals surface area contributed by atoms with Gasteiger partial charge in [0.25, 0.3) is 0 Å². The third kappa shape index (κ3) is 8.96. The molecule has 90 valence electrons. The van der Waals surface area contributed by atoms with Crippen LogP contribution in [0.4, 0.5) is 0 Å². The molecule has 0 aromatic heterocycles. The van der Waals surface area contributed by atoms with Crippen molar-refractivity contribution in [2.24, 2.45) is 10.8 Å². The van der Waals surface area contributed by atoms with E-state index in [1.165, 1.54) is 6.42 Å². The summed E-state index contributed by atoms with van der Waals surface area (Å²) in [7, 11) is 0. The molecule has 1 N–H and O–H groups in total. The molecule has 3 heteroatoms. The standard InChI is InChI=1S/C12H24O2.Al.3H/c1-11(2,3)8-6-7-9-12(4,5)10(13)14;;;;/h6-9H2,1-5H3,(H,13,14);;;;. The van der Waals surface area contributed by atoms with Gasteiger partial charge in [-0.1, -0.05) is 33.6 Å². The van der Waals surface area contributed by atoms with Gasteiger partial charge in [0.1, 0.15) is 0 Å². The van der Waals surface area contributed by atoms with Crippen LogP contribution in [0.15, 0.2) is 0 Å². The van der Waals surface area contributed by atoms with E-state index in [9.17, 15) is 4.79 Å². The van der Waals surface area contributed by atoms with E-state index in [2.05, 4.69) is 20.8 Å². The first kappa shape index (κ1) is 17.4. The highest BCUT2D eigenvalue weighted by atomic mass is 27.0. The summed E-state index contributed by atoms with van der Waals surface area (Å²) in [5.41, 5.74) is -0.189. The molecule has 0 atom stereocenters. The number of carboxylic acids is 1. The molecule has 0 radical (unpaired) electrons. The predicted octanol–water partition coefficient (Wildman–Crippen LogP) is 2.52. The van der Waals surface area contributed by atoms with Crippen LogP contribution in [0, 0.1) is 10.8 Å². The molecular weight excluding hydrogens is 203 g/mol. The van der Waals surface area contributed by atoms with Crippen LogP contribution in [0.3, 0.4) is 0 Å². The van der Waals surface area contributed by atoms with Gasteiger partial charge in [0.2, 0.25) is 0 Å². The maximum absolute atomic E-state index is 10.8. The van der Waals surface area contributed by atoms with E-state index < -0.39 is 11.4 Å². The van der Waals surface area contributed by atoms with E-state index in [0.29, 0.717) is 5.41 Å². The predicted molar refractivity (Wildman–Crippen MR) is 69.3 cm³/mol. The van der Waals surface area contributed by atoms with E-state index >= 15 is 0 Å². The molecule has 0 fully saturated rings. The van der Waals surface area contributed by atoms with Gasteiger partial charge >= 0.3 is 5.97 Å². The Morgan fingerprint density at radius 1 is 1.00 bits per heavy atom. The summed E-state index contributed by atoms with van der Waals surface area (Å²) in [5.74, 6) is -0.687. The van der Waals surface area contributed by atoms with Gasteiger partial charge in [-0.15, -0.1) is 0 Å². The first-order valence-corrected chi connectivity index (χ1v) is 5.38. The molecule has 0 heterocycles. The second kappa shape index (κ2) is 6.56. The Labute approximate surface area is 105 Å². The molecular formula is C12H27AlO2. The van der Waals surface area contributed by atoms with Crippen molar-refractivity contribution in [2.45, 2.75) is 60.3 Å². The quantitative estimate of drug-likeness (QED) is 0.582. The molecule has 0 aromatic carbocycles. The van der Waals surface area contributed by atoms with Gasteiger partial charge in [-0.2, -0.15) is 0 Å². The fourth-order valence-corrected chi connectivity index (χ4v) is 1.33. The fraction of sp³-hybridized carbons (Fsp3) is 0.917. The second-order valence-electron chi connectivity index (χ2n) is 5.96. The van der Waals surface area contributed by atoms with Crippen LogP contribution >= 0.6 is 0 Å². The van der Waals surface area contributed by atoms with Crippen LogP contribution in [0.2, 0.25) is 0 Å². The average Bonchev–Trinajstić information content (AvgIpc) is 1.96. The molecule has 0 aliphatic carbocycles. The first-order chi connectivity index (χ1) is 6.15. The van der Waals surface area contributed by atoms with Crippen LogP contribution in [0.5, 0.6) is 0 Å². The molecule has 15 heavy (non-hydrogen) atoms. The maximum Gasteiger partial charge on any atom is 0.309 e. The highest BCUT2D eigenvalue weighted by molar-refractivity contribution is 5.75. The van der Waals surface area contributed by atoms with Gasteiger partial charge in [0.15, 0.2) is 17.4 Å². The lowest BCUT2D eigenvalue weighted by molar-refractivity contribution is -0.147. The Morgan fingerprint density at radius 2 is 1.40 bits per heavy atom. The lowest BCUT2D eigenvalue weighted by atomic mass is 9.84. The molecule has 2 nitrogen and oxygen atoms in total. The fourth-order valence-electron chi connectivity index (χ4n) is 1.33.